The Morgan fingerprint density at radius 3 is 2.13 bits per heavy atom. The van der Waals surface area contributed by atoms with Crippen molar-refractivity contribution in [1.29, 1.82) is 0 Å². The number of nitrogens with one attached hydrogen (secondary N) is 1. The quantitative estimate of drug-likeness (QED) is 0.242. The van der Waals surface area contributed by atoms with Gasteiger partial charge in [-0.1, -0.05) is 92.7 Å². The van der Waals surface area contributed by atoms with Crippen molar-refractivity contribution in [1.82, 2.24) is 5.32 Å². The monoisotopic (exact) mass is 528 g/mol. The largest absolute Gasteiger partial charge is 0.491 e. The molecule has 0 radical (unpaired) electrons. The van der Waals surface area contributed by atoms with Crippen LogP contribution in [-0.4, -0.2) is 27.5 Å². The summed E-state index contributed by atoms with van der Waals surface area (Å²) in [6.45, 7) is 4.84. The van der Waals surface area contributed by atoms with Crippen molar-refractivity contribution in [3.8, 4) is 5.75 Å². The first-order valence-corrected chi connectivity index (χ1v) is 14.0. The van der Waals surface area contributed by atoms with Gasteiger partial charge in [0, 0.05) is 0 Å². The number of para-hydroxylation sites is 2. The van der Waals surface area contributed by atoms with Gasteiger partial charge in [-0.3, -0.25) is 9.10 Å². The Morgan fingerprint density at radius 2 is 1.42 bits per heavy atom. The highest BCUT2D eigenvalue weighted by atomic mass is 32.2. The van der Waals surface area contributed by atoms with Crippen LogP contribution in [0.5, 0.6) is 5.75 Å². The van der Waals surface area contributed by atoms with Crippen LogP contribution in [0.4, 0.5) is 5.69 Å². The highest BCUT2D eigenvalue weighted by Crippen LogP contribution is 2.29. The number of ether oxygens (including phenoxy) is 1. The molecule has 0 aliphatic heterocycles. The van der Waals surface area contributed by atoms with Gasteiger partial charge in [0.05, 0.1) is 29.2 Å². The molecular weight excluding hydrogens is 496 g/mol. The van der Waals surface area contributed by atoms with E-state index in [-0.39, 0.29) is 36.1 Å². The van der Waals surface area contributed by atoms with Crippen LogP contribution in [0.2, 0.25) is 0 Å². The lowest BCUT2D eigenvalue weighted by Crippen LogP contribution is -2.34. The summed E-state index contributed by atoms with van der Waals surface area (Å²) in [7, 11) is -3.95. The smallest absolute Gasteiger partial charge is 0.264 e. The third-order valence-corrected chi connectivity index (χ3v) is 7.88. The average molecular weight is 529 g/mol. The van der Waals surface area contributed by atoms with Gasteiger partial charge in [-0.25, -0.2) is 8.42 Å². The molecule has 196 valence electrons. The van der Waals surface area contributed by atoms with Gasteiger partial charge >= 0.3 is 0 Å². The number of carbonyl (C=O) groups excluding carboxylic acids is 1. The fraction of sp³-hybridized carbons (Fsp3) is 0.194. The zero-order chi connectivity index (χ0) is 27.0. The number of amides is 1. The summed E-state index contributed by atoms with van der Waals surface area (Å²) in [6.07, 6.45) is 0. The summed E-state index contributed by atoms with van der Waals surface area (Å²) in [5, 5.41) is 2.88. The first kappa shape index (κ1) is 26.9. The molecule has 4 rings (SSSR count). The van der Waals surface area contributed by atoms with Crippen LogP contribution in [0.15, 0.2) is 114 Å². The number of benzene rings is 4. The molecular formula is C31H32N2O4S. The molecule has 0 saturated carbocycles. The fourth-order valence-corrected chi connectivity index (χ4v) is 5.65. The third-order valence-electron chi connectivity index (χ3n) is 6.10. The van der Waals surface area contributed by atoms with Crippen molar-refractivity contribution in [2.24, 2.45) is 0 Å². The normalized spacial score (nSPS) is 11.2. The molecule has 0 saturated heterocycles. The lowest BCUT2D eigenvalue weighted by molar-refractivity contribution is 0.0947. The molecule has 0 atom stereocenters. The van der Waals surface area contributed by atoms with Crippen LogP contribution in [0.1, 0.15) is 41.3 Å². The molecule has 1 N–H and O–H groups in total. The third kappa shape index (κ3) is 6.42. The van der Waals surface area contributed by atoms with Crippen LogP contribution in [0, 0.1) is 0 Å². The van der Waals surface area contributed by atoms with Crippen molar-refractivity contribution in [3.05, 3.63) is 126 Å². The fourth-order valence-electron chi connectivity index (χ4n) is 4.16. The number of carbonyl (C=O) groups is 1. The number of anilines is 1. The minimum Gasteiger partial charge on any atom is -0.491 e. The summed E-state index contributed by atoms with van der Waals surface area (Å²) in [4.78, 5) is 13.4. The summed E-state index contributed by atoms with van der Waals surface area (Å²) in [5.41, 5.74) is 2.49. The SMILES string of the molecule is CC(C)c1ccccc1OCCNC(=O)c1ccccc1N(Cc1ccccc1)S(=O)(=O)c1ccccc1. The molecule has 0 aromatic heterocycles. The van der Waals surface area contributed by atoms with Crippen LogP contribution in [0.3, 0.4) is 0 Å². The maximum atomic E-state index is 13.8. The molecule has 0 aliphatic rings. The van der Waals surface area contributed by atoms with Crippen LogP contribution < -0.4 is 14.4 Å². The summed E-state index contributed by atoms with van der Waals surface area (Å²) < 4.78 is 34.8. The van der Waals surface area contributed by atoms with E-state index in [4.69, 9.17) is 4.74 Å². The topological polar surface area (TPSA) is 75.7 Å². The second-order valence-electron chi connectivity index (χ2n) is 9.12. The van der Waals surface area contributed by atoms with Gasteiger partial charge in [-0.05, 0) is 47.4 Å². The summed E-state index contributed by atoms with van der Waals surface area (Å²) >= 11 is 0. The van der Waals surface area contributed by atoms with Crippen molar-refractivity contribution in [3.63, 3.8) is 0 Å². The van der Waals surface area contributed by atoms with Crippen molar-refractivity contribution in [2.75, 3.05) is 17.5 Å². The molecule has 38 heavy (non-hydrogen) atoms. The average Bonchev–Trinajstić information content (AvgIpc) is 2.95. The van der Waals surface area contributed by atoms with E-state index in [9.17, 15) is 13.2 Å². The van der Waals surface area contributed by atoms with Gasteiger partial charge < -0.3 is 10.1 Å². The van der Waals surface area contributed by atoms with Gasteiger partial charge in [0.1, 0.15) is 12.4 Å². The Bertz CT molecular complexity index is 1460. The number of rotatable bonds is 11. The molecule has 0 unspecified atom stereocenters. The van der Waals surface area contributed by atoms with Gasteiger partial charge in [0.15, 0.2) is 0 Å². The predicted molar refractivity (Wildman–Crippen MR) is 151 cm³/mol. The van der Waals surface area contributed by atoms with E-state index in [2.05, 4.69) is 19.2 Å². The van der Waals surface area contributed by atoms with Gasteiger partial charge in [-0.2, -0.15) is 0 Å². The molecule has 6 nitrogen and oxygen atoms in total. The Balaban J connectivity index is 1.56. The Kier molecular flexibility index (Phi) is 8.81. The van der Waals surface area contributed by atoms with Crippen LogP contribution >= 0.6 is 0 Å². The van der Waals surface area contributed by atoms with E-state index >= 15 is 0 Å². The lowest BCUT2D eigenvalue weighted by Gasteiger charge is -2.26. The Morgan fingerprint density at radius 1 is 0.816 bits per heavy atom. The number of hydrogen-bond acceptors (Lipinski definition) is 4. The minimum atomic E-state index is -3.95. The zero-order valence-electron chi connectivity index (χ0n) is 21.6. The maximum Gasteiger partial charge on any atom is 0.264 e. The van der Waals surface area contributed by atoms with Gasteiger partial charge in [-0.15, -0.1) is 0 Å². The van der Waals surface area contributed by atoms with Gasteiger partial charge in [0.25, 0.3) is 15.9 Å². The highest BCUT2D eigenvalue weighted by Gasteiger charge is 2.28. The Hall–Kier alpha value is -4.10. The van der Waals surface area contributed by atoms with E-state index in [0.717, 1.165) is 16.9 Å². The second-order valence-corrected chi connectivity index (χ2v) is 11.0. The first-order valence-electron chi connectivity index (χ1n) is 12.6. The van der Waals surface area contributed by atoms with E-state index in [1.807, 2.05) is 54.6 Å². The number of sulfonamides is 1. The van der Waals surface area contributed by atoms with Crippen LogP contribution in [0.25, 0.3) is 0 Å². The molecule has 0 spiro atoms. The molecule has 0 fully saturated rings. The van der Waals surface area contributed by atoms with E-state index in [0.29, 0.717) is 11.6 Å². The number of hydrogen-bond donors (Lipinski definition) is 1. The first-order chi connectivity index (χ1) is 18.4. The standard InChI is InChI=1S/C31H32N2O4S/c1-24(2)27-17-10-12-20-30(27)37-22-21-32-31(34)28-18-9-11-19-29(28)33(23-25-13-5-3-6-14-25)38(35,36)26-15-7-4-8-16-26/h3-20,24H,21-23H2,1-2H3,(H,32,34). The second kappa shape index (κ2) is 12.4. The molecule has 4 aromatic rings. The molecule has 0 aliphatic carbocycles. The van der Waals surface area contributed by atoms with Crippen LogP contribution in [-0.2, 0) is 16.6 Å². The predicted octanol–water partition coefficient (Wildman–Crippen LogP) is 6.01. The zero-order valence-corrected chi connectivity index (χ0v) is 22.4. The van der Waals surface area contributed by atoms with Crippen molar-refractivity contribution in [2.45, 2.75) is 31.2 Å². The number of nitrogens with zero attached hydrogens (tertiary/aromatic N) is 1. The molecule has 1 amide bonds. The van der Waals surface area contributed by atoms with Crippen molar-refractivity contribution >= 4 is 21.6 Å². The molecule has 0 heterocycles. The lowest BCUT2D eigenvalue weighted by atomic mass is 10.0. The maximum absolute atomic E-state index is 13.8. The molecule has 4 aromatic carbocycles. The van der Waals surface area contributed by atoms with E-state index < -0.39 is 10.0 Å². The van der Waals surface area contributed by atoms with Crippen molar-refractivity contribution < 1.29 is 17.9 Å². The van der Waals surface area contributed by atoms with Gasteiger partial charge in [0.2, 0.25) is 0 Å². The Labute approximate surface area is 225 Å². The highest BCUT2D eigenvalue weighted by molar-refractivity contribution is 7.92. The summed E-state index contributed by atoms with van der Waals surface area (Å²) in [6, 6.07) is 32.2. The minimum absolute atomic E-state index is 0.0808. The van der Waals surface area contributed by atoms with E-state index in [1.54, 1.807) is 54.6 Å². The molecule has 0 bridgehead atoms. The van der Waals surface area contributed by atoms with E-state index in [1.165, 1.54) is 4.31 Å². The summed E-state index contributed by atoms with van der Waals surface area (Å²) in [5.74, 6) is 0.734. The molecule has 7 heteroatoms.